The van der Waals surface area contributed by atoms with Crippen molar-refractivity contribution in [2.45, 2.75) is 6.92 Å². The van der Waals surface area contributed by atoms with Gasteiger partial charge in [-0.25, -0.2) is 0 Å². The number of aromatic nitrogens is 3. The van der Waals surface area contributed by atoms with Crippen molar-refractivity contribution in [2.24, 2.45) is 0 Å². The fourth-order valence-corrected chi connectivity index (χ4v) is 4.96. The number of non-ortho nitro benzene ring substituents is 1. The first-order valence-corrected chi connectivity index (χ1v) is 11.0. The molecule has 0 spiro atoms. The molecule has 1 amide bonds. The van der Waals surface area contributed by atoms with E-state index >= 15 is 0 Å². The number of benzene rings is 3. The molecule has 4 aromatic rings. The van der Waals surface area contributed by atoms with Gasteiger partial charge in [-0.2, -0.15) is 0 Å². The van der Waals surface area contributed by atoms with Crippen molar-refractivity contribution in [1.82, 2.24) is 15.0 Å². The summed E-state index contributed by atoms with van der Waals surface area (Å²) in [6, 6.07) is 23.8. The number of para-hydroxylation sites is 1. The third-order valence-corrected chi connectivity index (χ3v) is 6.76. The summed E-state index contributed by atoms with van der Waals surface area (Å²) in [6.07, 6.45) is 0. The fourth-order valence-electron chi connectivity index (χ4n) is 2.96. The monoisotopic (exact) mass is 479 g/mol. The van der Waals surface area contributed by atoms with Gasteiger partial charge in [0.25, 0.3) is 0 Å². The minimum atomic E-state index is -0.490. The molecule has 4 rings (SSSR count). The van der Waals surface area contributed by atoms with E-state index in [2.05, 4.69) is 33.8 Å². The molecule has 1 N–H and O–H groups in total. The Morgan fingerprint density at radius 3 is 2.39 bits per heavy atom. The molecule has 0 radical (unpaired) electrons. The van der Waals surface area contributed by atoms with E-state index in [4.69, 9.17) is 0 Å². The van der Waals surface area contributed by atoms with Crippen molar-refractivity contribution < 1.29 is 9.72 Å². The number of nitrogens with one attached hydrogen (secondary N) is 1. The number of hydrogen-bond donors (Lipinski definition) is 1. The van der Waals surface area contributed by atoms with Crippen LogP contribution >= 0.6 is 0 Å². The number of carbonyl (C=O) groups excluding carboxylic acids is 1. The summed E-state index contributed by atoms with van der Waals surface area (Å²) < 4.78 is 4.03. The normalized spacial score (nSPS) is 10.6. The standard InChI is InChI=1S/C22H17N5O3Se/c1-15-21(22(28)23-16-11-13-17(14-12-16)27(29)30)24-25-26(15)19-9-5-6-10-20(19)31-18-7-3-2-4-8-18/h2-14H,1H3,(H,23,28). The van der Waals surface area contributed by atoms with E-state index in [1.807, 2.05) is 36.4 Å². The van der Waals surface area contributed by atoms with Gasteiger partial charge in [-0.15, -0.1) is 0 Å². The zero-order valence-corrected chi connectivity index (χ0v) is 18.1. The number of amides is 1. The van der Waals surface area contributed by atoms with Crippen LogP contribution in [-0.4, -0.2) is 40.8 Å². The van der Waals surface area contributed by atoms with Gasteiger partial charge in [0.1, 0.15) is 0 Å². The number of carbonyl (C=O) groups is 1. The SMILES string of the molecule is Cc1c(C(=O)Nc2ccc([N+](=O)[O-])cc2)nnn1-c1ccccc1[Se]c1ccccc1. The first-order chi connectivity index (χ1) is 15.0. The van der Waals surface area contributed by atoms with Gasteiger partial charge in [0.15, 0.2) is 0 Å². The van der Waals surface area contributed by atoms with Crippen LogP contribution in [0.1, 0.15) is 16.2 Å². The quantitative estimate of drug-likeness (QED) is 0.261. The second-order valence-corrected chi connectivity index (χ2v) is 8.92. The summed E-state index contributed by atoms with van der Waals surface area (Å²) in [4.78, 5) is 23.0. The molecule has 1 heterocycles. The third-order valence-electron chi connectivity index (χ3n) is 4.51. The molecule has 1 aromatic heterocycles. The zero-order chi connectivity index (χ0) is 21.8. The predicted molar refractivity (Wildman–Crippen MR) is 119 cm³/mol. The van der Waals surface area contributed by atoms with Crippen LogP contribution in [0.25, 0.3) is 5.69 Å². The molecule has 0 saturated carbocycles. The Kier molecular flexibility index (Phi) is 5.88. The Morgan fingerprint density at radius 1 is 1.00 bits per heavy atom. The maximum absolute atomic E-state index is 12.7. The second kappa shape index (κ2) is 8.91. The van der Waals surface area contributed by atoms with Crippen LogP contribution in [0, 0.1) is 17.0 Å². The third kappa shape index (κ3) is 4.53. The topological polar surface area (TPSA) is 103 Å². The number of hydrogen-bond acceptors (Lipinski definition) is 5. The van der Waals surface area contributed by atoms with E-state index < -0.39 is 10.8 Å². The summed E-state index contributed by atoms with van der Waals surface area (Å²) >= 11 is 0.0669. The molecule has 0 saturated heterocycles. The van der Waals surface area contributed by atoms with E-state index in [-0.39, 0.29) is 26.3 Å². The summed E-state index contributed by atoms with van der Waals surface area (Å²) in [5.41, 5.74) is 2.08. The van der Waals surface area contributed by atoms with Crippen LogP contribution in [0.2, 0.25) is 0 Å². The van der Waals surface area contributed by atoms with Gasteiger partial charge in [0, 0.05) is 0 Å². The number of nitro benzene ring substituents is 1. The minimum absolute atomic E-state index is 0.0444. The van der Waals surface area contributed by atoms with Gasteiger partial charge in [0.2, 0.25) is 0 Å². The Bertz CT molecular complexity index is 1240. The molecule has 0 aliphatic heterocycles. The van der Waals surface area contributed by atoms with E-state index in [1.54, 1.807) is 11.6 Å². The Labute approximate surface area is 184 Å². The first-order valence-electron chi connectivity index (χ1n) is 9.33. The number of nitrogens with zero attached hydrogens (tertiary/aromatic N) is 4. The number of anilines is 1. The van der Waals surface area contributed by atoms with Gasteiger partial charge in [0.05, 0.1) is 0 Å². The Hall–Kier alpha value is -3.81. The molecule has 0 atom stereocenters. The Morgan fingerprint density at radius 2 is 1.68 bits per heavy atom. The van der Waals surface area contributed by atoms with Crippen molar-refractivity contribution in [3.63, 3.8) is 0 Å². The molecule has 9 heteroatoms. The summed E-state index contributed by atoms with van der Waals surface area (Å²) in [7, 11) is 0. The van der Waals surface area contributed by atoms with Crippen LogP contribution in [0.15, 0.2) is 78.9 Å². The second-order valence-electron chi connectivity index (χ2n) is 6.58. The average molecular weight is 478 g/mol. The average Bonchev–Trinajstić information content (AvgIpc) is 3.16. The van der Waals surface area contributed by atoms with E-state index in [1.165, 1.54) is 28.7 Å². The van der Waals surface area contributed by atoms with Crippen molar-refractivity contribution in [3.8, 4) is 5.69 Å². The van der Waals surface area contributed by atoms with Crippen molar-refractivity contribution in [3.05, 3.63) is 100 Å². The molecule has 0 bridgehead atoms. The van der Waals surface area contributed by atoms with Crippen molar-refractivity contribution in [1.29, 1.82) is 0 Å². The van der Waals surface area contributed by atoms with Crippen LogP contribution in [-0.2, 0) is 0 Å². The number of rotatable bonds is 6. The molecule has 3 aromatic carbocycles. The van der Waals surface area contributed by atoms with Gasteiger partial charge in [-0.05, 0) is 0 Å². The van der Waals surface area contributed by atoms with Gasteiger partial charge in [-0.3, -0.25) is 10.1 Å². The van der Waals surface area contributed by atoms with E-state index in [0.717, 1.165) is 10.1 Å². The van der Waals surface area contributed by atoms with Gasteiger partial charge < -0.3 is 0 Å². The van der Waals surface area contributed by atoms with Gasteiger partial charge >= 0.3 is 174 Å². The van der Waals surface area contributed by atoms with Crippen LogP contribution in [0.3, 0.4) is 0 Å². The molecule has 0 fully saturated rings. The summed E-state index contributed by atoms with van der Waals surface area (Å²) in [5.74, 6) is -0.427. The molecular weight excluding hydrogens is 461 g/mol. The van der Waals surface area contributed by atoms with Crippen molar-refractivity contribution in [2.75, 3.05) is 5.32 Å². The fraction of sp³-hybridized carbons (Fsp3) is 0.0455. The zero-order valence-electron chi connectivity index (χ0n) is 16.4. The van der Waals surface area contributed by atoms with E-state index in [0.29, 0.717) is 11.4 Å². The first kappa shape index (κ1) is 20.5. The predicted octanol–water partition coefficient (Wildman–Crippen LogP) is 2.39. The summed E-state index contributed by atoms with van der Waals surface area (Å²) in [5, 5.41) is 21.8. The van der Waals surface area contributed by atoms with E-state index in [9.17, 15) is 14.9 Å². The van der Waals surface area contributed by atoms with Crippen molar-refractivity contribution >= 4 is 41.2 Å². The Balaban J connectivity index is 1.58. The molecule has 0 unspecified atom stereocenters. The maximum atomic E-state index is 12.7. The van der Waals surface area contributed by atoms with Gasteiger partial charge in [-0.1, -0.05) is 0 Å². The van der Waals surface area contributed by atoms with Crippen LogP contribution in [0.4, 0.5) is 11.4 Å². The summed E-state index contributed by atoms with van der Waals surface area (Å²) in [6.45, 7) is 1.79. The molecule has 154 valence electrons. The molecule has 0 aliphatic rings. The molecular formula is C22H17N5O3Se. The van der Waals surface area contributed by atoms with Crippen LogP contribution in [0.5, 0.6) is 0 Å². The number of nitro groups is 1. The molecule has 0 aliphatic carbocycles. The molecule has 31 heavy (non-hydrogen) atoms. The molecule has 8 nitrogen and oxygen atoms in total. The van der Waals surface area contributed by atoms with Crippen LogP contribution < -0.4 is 14.2 Å².